The van der Waals surface area contributed by atoms with Gasteiger partial charge in [0.05, 0.1) is 19.4 Å². The van der Waals surface area contributed by atoms with Crippen molar-refractivity contribution in [3.63, 3.8) is 0 Å². The molecule has 0 unspecified atom stereocenters. The van der Waals surface area contributed by atoms with Gasteiger partial charge in [-0.3, -0.25) is 4.79 Å². The Kier molecular flexibility index (Phi) is 4.41. The molecule has 0 aliphatic carbocycles. The number of ether oxygens (including phenoxy) is 1. The van der Waals surface area contributed by atoms with Crippen LogP contribution < -0.4 is 16.0 Å². The summed E-state index contributed by atoms with van der Waals surface area (Å²) in [7, 11) is 1.81. The van der Waals surface area contributed by atoms with E-state index >= 15 is 0 Å². The number of anilines is 3. The molecule has 0 fully saturated rings. The van der Waals surface area contributed by atoms with E-state index < -0.39 is 0 Å². The third-order valence-electron chi connectivity index (χ3n) is 4.40. The van der Waals surface area contributed by atoms with E-state index in [1.807, 2.05) is 39.1 Å². The monoisotopic (exact) mass is 366 g/mol. The molecule has 0 spiro atoms. The first-order valence-electron chi connectivity index (χ1n) is 8.86. The lowest BCUT2D eigenvalue weighted by Crippen LogP contribution is -2.35. The first-order chi connectivity index (χ1) is 13.0. The minimum Gasteiger partial charge on any atom is -0.375 e. The smallest absolute Gasteiger partial charge is 0.257 e. The Morgan fingerprint density at radius 2 is 2.15 bits per heavy atom. The number of hydrogen-bond acceptors (Lipinski definition) is 6. The zero-order chi connectivity index (χ0) is 19.0. The highest BCUT2D eigenvalue weighted by molar-refractivity contribution is 6.00. The topological polar surface area (TPSA) is 92.6 Å². The van der Waals surface area contributed by atoms with Crippen LogP contribution in [0.5, 0.6) is 0 Å². The molecule has 8 nitrogen and oxygen atoms in total. The third-order valence-corrected chi connectivity index (χ3v) is 4.40. The van der Waals surface area contributed by atoms with Crippen LogP contribution in [-0.4, -0.2) is 40.2 Å². The molecule has 3 heterocycles. The van der Waals surface area contributed by atoms with E-state index in [2.05, 4.69) is 32.1 Å². The number of carbonyl (C=O) groups is 1. The molecule has 2 aromatic heterocycles. The fourth-order valence-electron chi connectivity index (χ4n) is 3.23. The highest BCUT2D eigenvalue weighted by Gasteiger charge is 2.19. The van der Waals surface area contributed by atoms with Gasteiger partial charge in [-0.05, 0) is 37.1 Å². The molecule has 1 aliphatic rings. The maximum atomic E-state index is 12.7. The fourth-order valence-corrected chi connectivity index (χ4v) is 3.23. The van der Waals surface area contributed by atoms with Crippen LogP contribution >= 0.6 is 0 Å². The van der Waals surface area contributed by atoms with Crippen molar-refractivity contribution in [3.8, 4) is 0 Å². The lowest BCUT2D eigenvalue weighted by atomic mass is 10.1. The standard InChI is InChI=1S/C19H22N6O2/c1-11-4-13-6-14(5-11)23-16-7-17(20-3)25-18(24-16)15(8-21-25)19(26)22-12(2)9-27-10-13/h4-8,12,20H,9-10H2,1-3H3,(H,22,26)(H,23,24)/t12-/m1/s1. The van der Waals surface area contributed by atoms with Crippen molar-refractivity contribution in [2.75, 3.05) is 24.3 Å². The Morgan fingerprint density at radius 3 is 2.96 bits per heavy atom. The minimum absolute atomic E-state index is 0.134. The number of carbonyl (C=O) groups excluding carboxylic acids is 1. The number of nitrogens with one attached hydrogen (secondary N) is 3. The average Bonchev–Trinajstić information content (AvgIpc) is 3.04. The Labute approximate surface area is 156 Å². The lowest BCUT2D eigenvalue weighted by molar-refractivity contribution is 0.0821. The van der Waals surface area contributed by atoms with E-state index in [4.69, 9.17) is 4.74 Å². The van der Waals surface area contributed by atoms with Gasteiger partial charge < -0.3 is 20.7 Å². The van der Waals surface area contributed by atoms with E-state index in [9.17, 15) is 4.79 Å². The van der Waals surface area contributed by atoms with Crippen molar-refractivity contribution in [3.05, 3.63) is 47.2 Å². The van der Waals surface area contributed by atoms with Gasteiger partial charge >= 0.3 is 0 Å². The van der Waals surface area contributed by atoms with Gasteiger partial charge in [0.15, 0.2) is 5.65 Å². The molecule has 3 aromatic rings. The number of nitrogens with zero attached hydrogens (tertiary/aromatic N) is 3. The van der Waals surface area contributed by atoms with Gasteiger partial charge in [0.1, 0.15) is 17.2 Å². The molecule has 1 atom stereocenters. The van der Waals surface area contributed by atoms with Gasteiger partial charge in [-0.25, -0.2) is 4.98 Å². The maximum Gasteiger partial charge on any atom is 0.257 e. The van der Waals surface area contributed by atoms with Crippen molar-refractivity contribution in [1.29, 1.82) is 0 Å². The van der Waals surface area contributed by atoms with Crippen LogP contribution in [0.4, 0.5) is 17.3 Å². The van der Waals surface area contributed by atoms with Crippen LogP contribution in [0.3, 0.4) is 0 Å². The predicted octanol–water partition coefficient (Wildman–Crippen LogP) is 2.47. The maximum absolute atomic E-state index is 12.7. The normalized spacial score (nSPS) is 17.3. The molecule has 1 amide bonds. The quantitative estimate of drug-likeness (QED) is 0.613. The second-order valence-corrected chi connectivity index (χ2v) is 6.79. The first-order valence-corrected chi connectivity index (χ1v) is 8.86. The number of fused-ring (bicyclic) bond motifs is 3. The number of amides is 1. The van der Waals surface area contributed by atoms with Crippen molar-refractivity contribution in [2.45, 2.75) is 26.5 Å². The Balaban J connectivity index is 1.87. The van der Waals surface area contributed by atoms with Gasteiger partial charge in [-0.1, -0.05) is 6.07 Å². The van der Waals surface area contributed by atoms with Crippen LogP contribution in [0.25, 0.3) is 5.65 Å². The van der Waals surface area contributed by atoms with Crippen LogP contribution in [0.1, 0.15) is 28.4 Å². The molecule has 1 aliphatic heterocycles. The highest BCUT2D eigenvalue weighted by atomic mass is 16.5. The van der Waals surface area contributed by atoms with Crippen molar-refractivity contribution in [2.24, 2.45) is 0 Å². The summed E-state index contributed by atoms with van der Waals surface area (Å²) < 4.78 is 7.41. The highest BCUT2D eigenvalue weighted by Crippen LogP contribution is 2.24. The number of aryl methyl sites for hydroxylation is 1. The van der Waals surface area contributed by atoms with E-state index in [1.54, 1.807) is 4.52 Å². The van der Waals surface area contributed by atoms with Crippen LogP contribution in [0.15, 0.2) is 30.5 Å². The summed E-state index contributed by atoms with van der Waals surface area (Å²) in [6.45, 7) is 4.86. The van der Waals surface area contributed by atoms with Crippen LogP contribution in [0, 0.1) is 6.92 Å². The Bertz CT molecular complexity index is 1010. The number of benzene rings is 1. The molecule has 27 heavy (non-hydrogen) atoms. The van der Waals surface area contributed by atoms with Gasteiger partial charge in [0.25, 0.3) is 5.91 Å². The molecule has 4 rings (SSSR count). The molecular formula is C19H22N6O2. The number of hydrogen-bond donors (Lipinski definition) is 3. The van der Waals surface area contributed by atoms with Crippen molar-refractivity contribution in [1.82, 2.24) is 19.9 Å². The summed E-state index contributed by atoms with van der Waals surface area (Å²) in [6.07, 6.45) is 1.53. The molecule has 0 saturated heterocycles. The van der Waals surface area contributed by atoms with Gasteiger partial charge in [0.2, 0.25) is 0 Å². The van der Waals surface area contributed by atoms with E-state index in [-0.39, 0.29) is 11.9 Å². The number of aromatic nitrogens is 3. The first kappa shape index (κ1) is 17.3. The molecule has 8 heteroatoms. The van der Waals surface area contributed by atoms with Crippen LogP contribution in [-0.2, 0) is 11.3 Å². The fraction of sp³-hybridized carbons (Fsp3) is 0.316. The molecule has 3 N–H and O–H groups in total. The number of rotatable bonds is 1. The second-order valence-electron chi connectivity index (χ2n) is 6.79. The summed E-state index contributed by atoms with van der Waals surface area (Å²) >= 11 is 0. The largest absolute Gasteiger partial charge is 0.375 e. The molecule has 4 bridgehead atoms. The zero-order valence-electron chi connectivity index (χ0n) is 15.5. The van der Waals surface area contributed by atoms with Crippen molar-refractivity contribution < 1.29 is 9.53 Å². The van der Waals surface area contributed by atoms with Gasteiger partial charge in [-0.15, -0.1) is 0 Å². The van der Waals surface area contributed by atoms with E-state index in [0.29, 0.717) is 30.2 Å². The Hall–Kier alpha value is -3.13. The summed E-state index contributed by atoms with van der Waals surface area (Å²) in [5, 5.41) is 13.7. The van der Waals surface area contributed by atoms with Crippen molar-refractivity contribution >= 4 is 28.9 Å². The van der Waals surface area contributed by atoms with E-state index in [1.165, 1.54) is 6.20 Å². The summed E-state index contributed by atoms with van der Waals surface area (Å²) in [6, 6.07) is 7.90. The minimum atomic E-state index is -0.223. The molecular weight excluding hydrogens is 344 g/mol. The molecule has 0 radical (unpaired) electrons. The molecule has 140 valence electrons. The Morgan fingerprint density at radius 1 is 1.30 bits per heavy atom. The summed E-state index contributed by atoms with van der Waals surface area (Å²) in [5.74, 6) is 1.14. The average molecular weight is 366 g/mol. The third kappa shape index (κ3) is 3.43. The summed E-state index contributed by atoms with van der Waals surface area (Å²) in [4.78, 5) is 17.3. The van der Waals surface area contributed by atoms with Gasteiger partial charge in [0, 0.05) is 24.8 Å². The zero-order valence-corrected chi connectivity index (χ0v) is 15.5. The molecule has 0 saturated carbocycles. The van der Waals surface area contributed by atoms with Gasteiger partial charge in [-0.2, -0.15) is 9.61 Å². The molecule has 1 aromatic carbocycles. The van der Waals surface area contributed by atoms with Crippen LogP contribution in [0.2, 0.25) is 0 Å². The SMILES string of the molecule is CNc1cc2nc3c(cnn13)C(=O)N[C@H](C)COCc1cc(C)cc(c1)N2. The lowest BCUT2D eigenvalue weighted by Gasteiger charge is -2.16. The van der Waals surface area contributed by atoms with E-state index in [0.717, 1.165) is 22.6 Å². The predicted molar refractivity (Wildman–Crippen MR) is 104 cm³/mol. The summed E-state index contributed by atoms with van der Waals surface area (Å²) in [5.41, 5.74) is 4.02. The second kappa shape index (κ2) is 6.88.